The molecule has 0 spiro atoms. The van der Waals surface area contributed by atoms with Crippen LogP contribution in [0.1, 0.15) is 43.4 Å². The van der Waals surface area contributed by atoms with E-state index in [0.717, 1.165) is 16.5 Å². The molecule has 2 aromatic rings. The zero-order valence-corrected chi connectivity index (χ0v) is 16.9. The molecule has 1 heterocycles. The maximum atomic E-state index is 12.5. The van der Waals surface area contributed by atoms with E-state index < -0.39 is 23.5 Å². The predicted octanol–water partition coefficient (Wildman–Crippen LogP) is 2.97. The summed E-state index contributed by atoms with van der Waals surface area (Å²) in [6, 6.07) is 2.70. The molecular weight excluding hydrogens is 362 g/mol. The molecule has 0 unspecified atom stereocenters. The van der Waals surface area contributed by atoms with Crippen molar-refractivity contribution in [1.82, 2.24) is 5.32 Å². The number of carbonyl (C=O) groups is 2. The first-order valence-corrected chi connectivity index (χ1v) is 9.27. The third kappa shape index (κ3) is 4.71. The van der Waals surface area contributed by atoms with Gasteiger partial charge < -0.3 is 19.6 Å². The molecule has 0 radical (unpaired) electrons. The first-order chi connectivity index (χ1) is 13.1. The van der Waals surface area contributed by atoms with Crippen LogP contribution in [0.25, 0.3) is 11.0 Å². The van der Waals surface area contributed by atoms with Crippen LogP contribution in [-0.4, -0.2) is 30.1 Å². The van der Waals surface area contributed by atoms with Crippen LogP contribution in [0.15, 0.2) is 21.3 Å². The van der Waals surface area contributed by atoms with Crippen molar-refractivity contribution in [1.29, 1.82) is 0 Å². The van der Waals surface area contributed by atoms with E-state index in [-0.39, 0.29) is 18.8 Å². The standard InChI is InChI=1S/C21H27NO6/c1-11(2)10-16(20(24)25)22-18(23)9-7-15-12(3)14-6-8-17(27-5)13(4)19(14)28-21(15)26/h6,8,11,16H,7,9-10H2,1-5H3,(H,22,23)(H,24,25)/t16-/m1/s1. The summed E-state index contributed by atoms with van der Waals surface area (Å²) in [6.45, 7) is 7.42. The first kappa shape index (κ1) is 21.5. The minimum atomic E-state index is -1.06. The Morgan fingerprint density at radius 2 is 1.89 bits per heavy atom. The fourth-order valence-electron chi connectivity index (χ4n) is 3.28. The lowest BCUT2D eigenvalue weighted by Crippen LogP contribution is -2.41. The van der Waals surface area contributed by atoms with Gasteiger partial charge in [0.2, 0.25) is 5.91 Å². The zero-order valence-electron chi connectivity index (χ0n) is 16.9. The number of benzene rings is 1. The number of aliphatic carboxylic acids is 1. The Kier molecular flexibility index (Phi) is 6.83. The van der Waals surface area contributed by atoms with E-state index in [2.05, 4.69) is 5.32 Å². The Morgan fingerprint density at radius 3 is 2.46 bits per heavy atom. The molecule has 1 atom stereocenters. The summed E-state index contributed by atoms with van der Waals surface area (Å²) in [5, 5.41) is 12.6. The quantitative estimate of drug-likeness (QED) is 0.673. The van der Waals surface area contributed by atoms with Crippen LogP contribution in [0, 0.1) is 19.8 Å². The van der Waals surface area contributed by atoms with Gasteiger partial charge in [0.05, 0.1) is 7.11 Å². The van der Waals surface area contributed by atoms with Gasteiger partial charge in [0.25, 0.3) is 0 Å². The number of rotatable bonds is 8. The molecule has 0 fully saturated rings. The number of hydrogen-bond donors (Lipinski definition) is 2. The second-order valence-corrected chi connectivity index (χ2v) is 7.35. The molecule has 1 amide bonds. The van der Waals surface area contributed by atoms with Crippen LogP contribution in [0.5, 0.6) is 5.75 Å². The number of carboxylic acid groups (broad SMARTS) is 1. The number of methoxy groups -OCH3 is 1. The Hall–Kier alpha value is -2.83. The van der Waals surface area contributed by atoms with Gasteiger partial charge in [-0.3, -0.25) is 4.79 Å². The third-order valence-electron chi connectivity index (χ3n) is 4.82. The summed E-state index contributed by atoms with van der Waals surface area (Å²) in [6.07, 6.45) is 0.530. The van der Waals surface area contributed by atoms with Crippen molar-refractivity contribution in [2.75, 3.05) is 7.11 Å². The van der Waals surface area contributed by atoms with Crippen molar-refractivity contribution in [2.24, 2.45) is 5.92 Å². The highest BCUT2D eigenvalue weighted by molar-refractivity contribution is 5.86. The average Bonchev–Trinajstić information content (AvgIpc) is 2.61. The van der Waals surface area contributed by atoms with E-state index in [9.17, 15) is 19.5 Å². The molecule has 0 aliphatic carbocycles. The number of nitrogens with one attached hydrogen (secondary N) is 1. The van der Waals surface area contributed by atoms with Crippen LogP contribution >= 0.6 is 0 Å². The van der Waals surface area contributed by atoms with Gasteiger partial charge in [0.1, 0.15) is 17.4 Å². The highest BCUT2D eigenvalue weighted by Crippen LogP contribution is 2.29. The van der Waals surface area contributed by atoms with Crippen LogP contribution in [-0.2, 0) is 16.0 Å². The van der Waals surface area contributed by atoms with E-state index in [1.54, 1.807) is 7.11 Å². The predicted molar refractivity (Wildman–Crippen MR) is 106 cm³/mol. The van der Waals surface area contributed by atoms with Gasteiger partial charge in [-0.1, -0.05) is 13.8 Å². The van der Waals surface area contributed by atoms with Crippen molar-refractivity contribution in [2.45, 2.75) is 53.0 Å². The number of fused-ring (bicyclic) bond motifs is 1. The lowest BCUT2D eigenvalue weighted by molar-refractivity contribution is -0.142. The summed E-state index contributed by atoms with van der Waals surface area (Å²) in [5.41, 5.74) is 1.89. The Bertz CT molecular complexity index is 944. The van der Waals surface area contributed by atoms with Crippen LogP contribution < -0.4 is 15.7 Å². The molecule has 152 valence electrons. The molecule has 2 N–H and O–H groups in total. The second-order valence-electron chi connectivity index (χ2n) is 7.35. The summed E-state index contributed by atoms with van der Waals surface area (Å²) < 4.78 is 10.8. The van der Waals surface area contributed by atoms with Gasteiger partial charge >= 0.3 is 11.6 Å². The van der Waals surface area contributed by atoms with Gasteiger partial charge in [0, 0.05) is 22.9 Å². The first-order valence-electron chi connectivity index (χ1n) is 9.27. The van der Waals surface area contributed by atoms with Crippen molar-refractivity contribution >= 4 is 22.8 Å². The minimum absolute atomic E-state index is 0.00805. The summed E-state index contributed by atoms with van der Waals surface area (Å²) in [7, 11) is 1.55. The van der Waals surface area contributed by atoms with E-state index >= 15 is 0 Å². The number of carbonyl (C=O) groups excluding carboxylic acids is 1. The number of ether oxygens (including phenoxy) is 1. The van der Waals surface area contributed by atoms with Gasteiger partial charge in [-0.25, -0.2) is 9.59 Å². The summed E-state index contributed by atoms with van der Waals surface area (Å²) >= 11 is 0. The SMILES string of the molecule is COc1ccc2c(C)c(CCC(=O)N[C@H](CC(C)C)C(=O)O)c(=O)oc2c1C. The number of amides is 1. The van der Waals surface area contributed by atoms with Crippen LogP contribution in [0.2, 0.25) is 0 Å². The van der Waals surface area contributed by atoms with E-state index in [0.29, 0.717) is 23.3 Å². The smallest absolute Gasteiger partial charge is 0.339 e. The lowest BCUT2D eigenvalue weighted by atomic mass is 10.00. The van der Waals surface area contributed by atoms with Gasteiger partial charge in [-0.2, -0.15) is 0 Å². The molecule has 1 aromatic heterocycles. The van der Waals surface area contributed by atoms with Crippen LogP contribution in [0.4, 0.5) is 0 Å². The molecule has 0 aliphatic heterocycles. The average molecular weight is 389 g/mol. The Labute approximate surface area is 163 Å². The largest absolute Gasteiger partial charge is 0.496 e. The highest BCUT2D eigenvalue weighted by Gasteiger charge is 2.22. The highest BCUT2D eigenvalue weighted by atomic mass is 16.5. The maximum absolute atomic E-state index is 12.5. The van der Waals surface area contributed by atoms with E-state index in [4.69, 9.17) is 9.15 Å². The Balaban J connectivity index is 2.21. The number of hydrogen-bond acceptors (Lipinski definition) is 5. The molecule has 28 heavy (non-hydrogen) atoms. The molecule has 0 saturated heterocycles. The zero-order chi connectivity index (χ0) is 21.0. The van der Waals surface area contributed by atoms with Gasteiger partial charge in [-0.05, 0) is 50.3 Å². The number of aryl methyl sites for hydroxylation is 2. The van der Waals surface area contributed by atoms with Crippen molar-refractivity contribution < 1.29 is 23.8 Å². The molecule has 7 heteroatoms. The fourth-order valence-corrected chi connectivity index (χ4v) is 3.28. The maximum Gasteiger partial charge on any atom is 0.339 e. The second kappa shape index (κ2) is 8.91. The lowest BCUT2D eigenvalue weighted by Gasteiger charge is -2.16. The minimum Gasteiger partial charge on any atom is -0.496 e. The van der Waals surface area contributed by atoms with Crippen LogP contribution in [0.3, 0.4) is 0 Å². The molecule has 0 aliphatic rings. The fraction of sp³-hybridized carbons (Fsp3) is 0.476. The van der Waals surface area contributed by atoms with E-state index in [1.165, 1.54) is 0 Å². The topological polar surface area (TPSA) is 106 Å². The third-order valence-corrected chi connectivity index (χ3v) is 4.82. The summed E-state index contributed by atoms with van der Waals surface area (Å²) in [5.74, 6) is -0.700. The summed E-state index contributed by atoms with van der Waals surface area (Å²) in [4.78, 5) is 36.0. The molecule has 1 aromatic carbocycles. The molecule has 2 rings (SSSR count). The van der Waals surface area contributed by atoms with Crippen molar-refractivity contribution in [3.8, 4) is 5.75 Å². The van der Waals surface area contributed by atoms with Crippen molar-refractivity contribution in [3.63, 3.8) is 0 Å². The Morgan fingerprint density at radius 1 is 1.21 bits per heavy atom. The molecule has 0 saturated carbocycles. The molecule has 0 bridgehead atoms. The van der Waals surface area contributed by atoms with E-state index in [1.807, 2.05) is 39.8 Å². The molecular formula is C21H27NO6. The molecule has 7 nitrogen and oxygen atoms in total. The number of carboxylic acids is 1. The monoisotopic (exact) mass is 389 g/mol. The van der Waals surface area contributed by atoms with Crippen molar-refractivity contribution in [3.05, 3.63) is 39.2 Å². The normalized spacial score (nSPS) is 12.2. The van der Waals surface area contributed by atoms with Gasteiger partial charge in [-0.15, -0.1) is 0 Å². The van der Waals surface area contributed by atoms with Gasteiger partial charge in [0.15, 0.2) is 0 Å².